The van der Waals surface area contributed by atoms with Crippen LogP contribution < -0.4 is 0 Å². The van der Waals surface area contributed by atoms with Crippen LogP contribution in [0.5, 0.6) is 0 Å². The van der Waals surface area contributed by atoms with Crippen molar-refractivity contribution in [1.29, 1.82) is 0 Å². The fraction of sp³-hybridized carbons (Fsp3) is 0.737. The van der Waals surface area contributed by atoms with Gasteiger partial charge in [-0.15, -0.1) is 0 Å². The Kier molecular flexibility index (Phi) is 12.3. The van der Waals surface area contributed by atoms with Gasteiger partial charge in [-0.1, -0.05) is 0 Å². The molecule has 11 nitrogen and oxygen atoms in total. The first kappa shape index (κ1) is 27.3. The monoisotopic (exact) mass is 434 g/mol. The summed E-state index contributed by atoms with van der Waals surface area (Å²) in [7, 11) is 2.19. The highest BCUT2D eigenvalue weighted by atomic mass is 16.6. The lowest BCUT2D eigenvalue weighted by molar-refractivity contribution is -0.175. The van der Waals surface area contributed by atoms with E-state index in [9.17, 15) is 29.1 Å². The minimum Gasteiger partial charge on any atom is -0.469 e. The summed E-state index contributed by atoms with van der Waals surface area (Å²) in [6.07, 6.45) is -1.98. The van der Waals surface area contributed by atoms with Crippen molar-refractivity contribution in [3.63, 3.8) is 0 Å². The van der Waals surface area contributed by atoms with E-state index in [1.165, 1.54) is 21.0 Å². The van der Waals surface area contributed by atoms with E-state index in [4.69, 9.17) is 14.2 Å². The molecule has 172 valence electrons. The average molecular weight is 434 g/mol. The number of methoxy groups -OCH3 is 2. The van der Waals surface area contributed by atoms with E-state index < -0.39 is 66.5 Å². The Morgan fingerprint density at radius 2 is 1.47 bits per heavy atom. The summed E-state index contributed by atoms with van der Waals surface area (Å²) in [5.74, 6) is -6.42. The molecule has 3 atom stereocenters. The molecule has 0 radical (unpaired) electrons. The Morgan fingerprint density at radius 1 is 0.867 bits per heavy atom. The standard InChI is InChI=1S/C19H30O11/c1-6-28-15(21)10-19(25,18(24)27-5)9-13(17(23)29-7-2)8-14(20)30-11-12(3)16(22)26-4/h12-13,25H,6-11H2,1-5H3. The highest BCUT2D eigenvalue weighted by molar-refractivity contribution is 5.87. The summed E-state index contributed by atoms with van der Waals surface area (Å²) in [6.45, 7) is 4.28. The molecule has 0 aromatic heterocycles. The number of carbonyl (C=O) groups is 5. The van der Waals surface area contributed by atoms with E-state index in [1.54, 1.807) is 6.92 Å². The highest BCUT2D eigenvalue weighted by Crippen LogP contribution is 2.27. The van der Waals surface area contributed by atoms with E-state index in [2.05, 4.69) is 9.47 Å². The summed E-state index contributed by atoms with van der Waals surface area (Å²) in [5, 5.41) is 10.7. The van der Waals surface area contributed by atoms with Gasteiger partial charge in [0.25, 0.3) is 0 Å². The van der Waals surface area contributed by atoms with Crippen LogP contribution in [0.15, 0.2) is 0 Å². The molecule has 3 unspecified atom stereocenters. The maximum absolute atomic E-state index is 12.3. The number of hydrogen-bond acceptors (Lipinski definition) is 11. The van der Waals surface area contributed by atoms with Crippen LogP contribution in [0.3, 0.4) is 0 Å². The van der Waals surface area contributed by atoms with E-state index in [0.29, 0.717) is 0 Å². The first-order chi connectivity index (χ1) is 14.0. The summed E-state index contributed by atoms with van der Waals surface area (Å²) in [5.41, 5.74) is -2.42. The Hall–Kier alpha value is -2.69. The van der Waals surface area contributed by atoms with E-state index in [-0.39, 0.29) is 19.8 Å². The second kappa shape index (κ2) is 13.5. The van der Waals surface area contributed by atoms with Crippen LogP contribution in [-0.4, -0.2) is 74.6 Å². The quantitative estimate of drug-likeness (QED) is 0.311. The van der Waals surface area contributed by atoms with Crippen LogP contribution in [-0.2, 0) is 47.7 Å². The van der Waals surface area contributed by atoms with Crippen molar-refractivity contribution in [3.8, 4) is 0 Å². The van der Waals surface area contributed by atoms with Crippen LogP contribution in [0.4, 0.5) is 0 Å². The zero-order valence-corrected chi connectivity index (χ0v) is 17.9. The van der Waals surface area contributed by atoms with Gasteiger partial charge in [-0.05, 0) is 20.8 Å². The van der Waals surface area contributed by atoms with E-state index in [0.717, 1.165) is 7.11 Å². The van der Waals surface area contributed by atoms with E-state index >= 15 is 0 Å². The minimum absolute atomic E-state index is 0.0156. The third-order valence-electron chi connectivity index (χ3n) is 4.02. The van der Waals surface area contributed by atoms with Gasteiger partial charge < -0.3 is 28.8 Å². The molecule has 0 aliphatic heterocycles. The number of hydrogen-bond donors (Lipinski definition) is 1. The van der Waals surface area contributed by atoms with Gasteiger partial charge in [0.2, 0.25) is 0 Å². The molecule has 30 heavy (non-hydrogen) atoms. The molecule has 0 heterocycles. The van der Waals surface area contributed by atoms with Crippen LogP contribution in [0.2, 0.25) is 0 Å². The first-order valence-electron chi connectivity index (χ1n) is 9.41. The lowest BCUT2D eigenvalue weighted by atomic mass is 9.86. The zero-order chi connectivity index (χ0) is 23.3. The predicted molar refractivity (Wildman–Crippen MR) is 99.7 cm³/mol. The molecular formula is C19H30O11. The van der Waals surface area contributed by atoms with Crippen molar-refractivity contribution in [3.05, 3.63) is 0 Å². The fourth-order valence-corrected chi connectivity index (χ4v) is 2.52. The fourth-order valence-electron chi connectivity index (χ4n) is 2.52. The number of rotatable bonds is 13. The molecule has 0 bridgehead atoms. The van der Waals surface area contributed by atoms with E-state index in [1.807, 2.05) is 0 Å². The molecule has 0 saturated carbocycles. The van der Waals surface area contributed by atoms with Gasteiger partial charge >= 0.3 is 29.8 Å². The minimum atomic E-state index is -2.42. The molecule has 0 amide bonds. The average Bonchev–Trinajstić information content (AvgIpc) is 2.70. The number of carbonyl (C=O) groups excluding carboxylic acids is 5. The van der Waals surface area contributed by atoms with Gasteiger partial charge in [0.15, 0.2) is 5.60 Å². The second-order valence-corrected chi connectivity index (χ2v) is 6.47. The van der Waals surface area contributed by atoms with Gasteiger partial charge in [-0.25, -0.2) is 4.79 Å². The maximum atomic E-state index is 12.3. The Balaban J connectivity index is 5.39. The third kappa shape index (κ3) is 9.21. The van der Waals surface area contributed by atoms with Gasteiger partial charge in [0, 0.05) is 6.42 Å². The van der Waals surface area contributed by atoms with Crippen molar-refractivity contribution in [1.82, 2.24) is 0 Å². The van der Waals surface area contributed by atoms with Gasteiger partial charge in [0.1, 0.15) is 6.61 Å². The second-order valence-electron chi connectivity index (χ2n) is 6.47. The van der Waals surface area contributed by atoms with Gasteiger partial charge in [-0.2, -0.15) is 0 Å². The Bertz CT molecular complexity index is 616. The van der Waals surface area contributed by atoms with Crippen molar-refractivity contribution >= 4 is 29.8 Å². The molecule has 0 aliphatic rings. The first-order valence-corrected chi connectivity index (χ1v) is 9.41. The van der Waals surface area contributed by atoms with Crippen LogP contribution in [0, 0.1) is 11.8 Å². The SMILES string of the molecule is CCOC(=O)CC(O)(CC(CC(=O)OCC(C)C(=O)OC)C(=O)OCC)C(=O)OC. The van der Waals surface area contributed by atoms with Gasteiger partial charge in [0.05, 0.1) is 52.1 Å². The highest BCUT2D eigenvalue weighted by Gasteiger charge is 2.44. The van der Waals surface area contributed by atoms with Crippen LogP contribution in [0.1, 0.15) is 40.0 Å². The van der Waals surface area contributed by atoms with Crippen molar-refractivity contribution < 1.29 is 52.8 Å². The maximum Gasteiger partial charge on any atom is 0.338 e. The third-order valence-corrected chi connectivity index (χ3v) is 4.02. The molecule has 0 aromatic rings. The molecule has 0 saturated heterocycles. The molecule has 11 heteroatoms. The van der Waals surface area contributed by atoms with Crippen molar-refractivity contribution in [2.75, 3.05) is 34.0 Å². The number of aliphatic hydroxyl groups is 1. The lowest BCUT2D eigenvalue weighted by Crippen LogP contribution is -2.45. The smallest absolute Gasteiger partial charge is 0.338 e. The van der Waals surface area contributed by atoms with Crippen LogP contribution >= 0.6 is 0 Å². The molecule has 0 aliphatic carbocycles. The number of ether oxygens (including phenoxy) is 5. The number of esters is 5. The lowest BCUT2D eigenvalue weighted by Gasteiger charge is -2.27. The summed E-state index contributed by atoms with van der Waals surface area (Å²) in [4.78, 5) is 59.7. The summed E-state index contributed by atoms with van der Waals surface area (Å²) in [6, 6.07) is 0. The largest absolute Gasteiger partial charge is 0.469 e. The Morgan fingerprint density at radius 3 is 1.97 bits per heavy atom. The molecular weight excluding hydrogens is 404 g/mol. The van der Waals surface area contributed by atoms with Gasteiger partial charge in [-0.3, -0.25) is 19.2 Å². The molecule has 0 fully saturated rings. The summed E-state index contributed by atoms with van der Waals surface area (Å²) >= 11 is 0. The molecule has 0 spiro atoms. The topological polar surface area (TPSA) is 152 Å². The summed E-state index contributed by atoms with van der Waals surface area (Å²) < 4.78 is 23.7. The van der Waals surface area contributed by atoms with Crippen molar-refractivity contribution in [2.24, 2.45) is 11.8 Å². The zero-order valence-electron chi connectivity index (χ0n) is 17.9. The Labute approximate surface area is 174 Å². The predicted octanol–water partition coefficient (Wildman–Crippen LogP) is 0.156. The normalized spacial score (nSPS) is 14.5. The molecule has 0 rings (SSSR count). The molecule has 0 aromatic carbocycles. The van der Waals surface area contributed by atoms with Crippen LogP contribution in [0.25, 0.3) is 0 Å². The molecule has 1 N–H and O–H groups in total. The van der Waals surface area contributed by atoms with Crippen molar-refractivity contribution in [2.45, 2.75) is 45.6 Å².